The molecule has 0 aromatic heterocycles. The van der Waals surface area contributed by atoms with Crippen molar-refractivity contribution in [3.8, 4) is 0 Å². The second-order valence-corrected chi connectivity index (χ2v) is 10.3. The van der Waals surface area contributed by atoms with Crippen LogP contribution in [0, 0.1) is 11.8 Å². The van der Waals surface area contributed by atoms with Crippen LogP contribution in [0.1, 0.15) is 52.9 Å². The zero-order chi connectivity index (χ0) is 24.3. The van der Waals surface area contributed by atoms with Crippen LogP contribution < -0.4 is 0 Å². The van der Waals surface area contributed by atoms with Crippen LogP contribution in [-0.2, 0) is 23.9 Å². The van der Waals surface area contributed by atoms with Crippen LogP contribution in [-0.4, -0.2) is 75.7 Å². The molecule has 1 aliphatic carbocycles. The van der Waals surface area contributed by atoms with E-state index in [9.17, 15) is 24.6 Å². The van der Waals surface area contributed by atoms with Gasteiger partial charge >= 0.3 is 5.97 Å². The van der Waals surface area contributed by atoms with Crippen molar-refractivity contribution in [2.75, 3.05) is 12.8 Å². The molecule has 9 heteroatoms. The Morgan fingerprint density at radius 2 is 1.97 bits per heavy atom. The fourth-order valence-electron chi connectivity index (χ4n) is 4.55. The number of nitrogens with zero attached hydrogens (tertiary/aromatic N) is 1. The lowest BCUT2D eigenvalue weighted by Crippen LogP contribution is -2.61. The molecule has 2 saturated heterocycles. The molecule has 0 spiro atoms. The summed E-state index contributed by atoms with van der Waals surface area (Å²) >= 11 is 1.47. The average Bonchev–Trinajstić information content (AvgIpc) is 2.80. The molecule has 2 heterocycles. The number of ketones is 1. The number of esters is 1. The van der Waals surface area contributed by atoms with E-state index in [1.165, 1.54) is 16.7 Å². The zero-order valence-corrected chi connectivity index (χ0v) is 20.5. The first kappa shape index (κ1) is 25.9. The van der Waals surface area contributed by atoms with Gasteiger partial charge in [0.15, 0.2) is 0 Å². The minimum Gasteiger partial charge on any atom is -0.453 e. The lowest BCUT2D eigenvalue weighted by Gasteiger charge is -2.43. The molecule has 6 unspecified atom stereocenters. The van der Waals surface area contributed by atoms with Crippen molar-refractivity contribution in [3.63, 3.8) is 0 Å². The molecule has 1 amide bonds. The van der Waals surface area contributed by atoms with E-state index in [1.807, 2.05) is 20.1 Å². The summed E-state index contributed by atoms with van der Waals surface area (Å²) in [5.74, 6) is -5.31. The molecule has 2 N–H and O–H groups in total. The Morgan fingerprint density at radius 3 is 2.61 bits per heavy atom. The number of aliphatic hydroxyl groups is 2. The van der Waals surface area contributed by atoms with E-state index in [1.54, 1.807) is 25.2 Å². The van der Waals surface area contributed by atoms with E-state index in [0.29, 0.717) is 32.1 Å². The van der Waals surface area contributed by atoms with Crippen molar-refractivity contribution in [1.82, 2.24) is 4.90 Å². The normalized spacial score (nSPS) is 34.7. The number of carbonyl (C=O) groups excluding carboxylic acids is 3. The maximum absolute atomic E-state index is 13.2. The Labute approximate surface area is 199 Å². The number of aliphatic hydroxyl groups excluding tert-OH is 1. The highest BCUT2D eigenvalue weighted by molar-refractivity contribution is 8.02. The fraction of sp³-hybridized carbons (Fsp3) is 0.708. The van der Waals surface area contributed by atoms with Gasteiger partial charge in [0.05, 0.1) is 6.10 Å². The summed E-state index contributed by atoms with van der Waals surface area (Å²) in [4.78, 5) is 41.5. The monoisotopic (exact) mass is 481 g/mol. The van der Waals surface area contributed by atoms with Gasteiger partial charge in [-0.1, -0.05) is 20.8 Å². The number of likely N-dealkylation sites (tertiary alicyclic amines) is 1. The number of carbonyl (C=O) groups is 3. The maximum Gasteiger partial charge on any atom is 0.329 e. The minimum atomic E-state index is -2.21. The minimum absolute atomic E-state index is 0.0836. The van der Waals surface area contributed by atoms with Gasteiger partial charge in [-0.15, -0.1) is 11.8 Å². The lowest BCUT2D eigenvalue weighted by molar-refractivity contribution is -0.269. The van der Waals surface area contributed by atoms with Crippen molar-refractivity contribution in [2.45, 2.75) is 83.0 Å². The van der Waals surface area contributed by atoms with Crippen LogP contribution in [0.5, 0.6) is 0 Å². The summed E-state index contributed by atoms with van der Waals surface area (Å²) in [6.45, 7) is 5.78. The number of ether oxygens (including phenoxy) is 2. The summed E-state index contributed by atoms with van der Waals surface area (Å²) < 4.78 is 11.3. The second kappa shape index (κ2) is 10.7. The predicted molar refractivity (Wildman–Crippen MR) is 124 cm³/mol. The van der Waals surface area contributed by atoms with E-state index in [4.69, 9.17) is 9.47 Å². The van der Waals surface area contributed by atoms with Crippen molar-refractivity contribution in [3.05, 3.63) is 23.1 Å². The number of amides is 1. The third kappa shape index (κ3) is 5.53. The highest BCUT2D eigenvalue weighted by Gasteiger charge is 2.53. The molecule has 8 nitrogen and oxygen atoms in total. The number of thioether (sulfide) groups is 1. The van der Waals surface area contributed by atoms with Gasteiger partial charge in [0, 0.05) is 17.4 Å². The molecular weight excluding hydrogens is 446 g/mol. The largest absolute Gasteiger partial charge is 0.453 e. The molecule has 184 valence electrons. The predicted octanol–water partition coefficient (Wildman–Crippen LogP) is 2.19. The number of rotatable bonds is 6. The number of Topliss-reactive ketones (excluding diaryl/α,β-unsaturated/α-hetero) is 1. The van der Waals surface area contributed by atoms with Crippen LogP contribution in [0.15, 0.2) is 23.1 Å². The molecular formula is C24H35NO7S. The van der Waals surface area contributed by atoms with Crippen LogP contribution in [0.2, 0.25) is 0 Å². The molecule has 0 aromatic carbocycles. The van der Waals surface area contributed by atoms with E-state index in [0.717, 1.165) is 4.91 Å². The smallest absolute Gasteiger partial charge is 0.329 e. The zero-order valence-electron chi connectivity index (χ0n) is 19.7. The van der Waals surface area contributed by atoms with Gasteiger partial charge in [-0.05, 0) is 62.5 Å². The van der Waals surface area contributed by atoms with Crippen LogP contribution in [0.25, 0.3) is 0 Å². The summed E-state index contributed by atoms with van der Waals surface area (Å²) in [7, 11) is 0. The van der Waals surface area contributed by atoms with Gasteiger partial charge in [0.25, 0.3) is 11.7 Å². The summed E-state index contributed by atoms with van der Waals surface area (Å²) in [5.41, 5.74) is 0. The third-order valence-corrected chi connectivity index (χ3v) is 7.54. The maximum atomic E-state index is 13.2. The highest BCUT2D eigenvalue weighted by Crippen LogP contribution is 2.36. The molecule has 0 radical (unpaired) electrons. The van der Waals surface area contributed by atoms with Gasteiger partial charge in [-0.2, -0.15) is 0 Å². The molecule has 3 aliphatic rings. The topological polar surface area (TPSA) is 113 Å². The summed E-state index contributed by atoms with van der Waals surface area (Å²) in [5, 5.41) is 21.4. The average molecular weight is 482 g/mol. The van der Waals surface area contributed by atoms with Crippen LogP contribution in [0.4, 0.5) is 0 Å². The van der Waals surface area contributed by atoms with Gasteiger partial charge in [-0.3, -0.25) is 9.59 Å². The molecule has 0 aromatic rings. The Hall–Kier alpha value is -1.68. The molecule has 0 saturated carbocycles. The van der Waals surface area contributed by atoms with Gasteiger partial charge in [0.2, 0.25) is 5.79 Å². The first-order valence-corrected chi connectivity index (χ1v) is 12.9. The van der Waals surface area contributed by atoms with Crippen molar-refractivity contribution >= 4 is 29.4 Å². The number of allylic oxidation sites excluding steroid dienone is 1. The first-order valence-electron chi connectivity index (χ1n) is 11.7. The molecule has 2 aliphatic heterocycles. The molecule has 3 rings (SSSR count). The van der Waals surface area contributed by atoms with Crippen LogP contribution in [0.3, 0.4) is 0 Å². The van der Waals surface area contributed by atoms with Gasteiger partial charge < -0.3 is 24.6 Å². The van der Waals surface area contributed by atoms with Crippen molar-refractivity contribution < 1.29 is 34.1 Å². The summed E-state index contributed by atoms with van der Waals surface area (Å²) in [6, 6.07) is -0.954. The fourth-order valence-corrected chi connectivity index (χ4v) is 5.04. The number of piperidine rings is 1. The van der Waals surface area contributed by atoms with E-state index in [2.05, 4.69) is 0 Å². The van der Waals surface area contributed by atoms with Crippen molar-refractivity contribution in [2.24, 2.45) is 11.8 Å². The number of hydrogen-bond donors (Lipinski definition) is 2. The van der Waals surface area contributed by atoms with Crippen LogP contribution >= 0.6 is 11.8 Å². The Morgan fingerprint density at radius 1 is 1.24 bits per heavy atom. The number of hydrogen-bond acceptors (Lipinski definition) is 8. The molecule has 2 fully saturated rings. The second-order valence-electron chi connectivity index (χ2n) is 9.44. The van der Waals surface area contributed by atoms with E-state index < -0.39 is 47.6 Å². The SMILES string of the molecule is CSC1=CC(O)C(OC(=O)C2CCCCN2C(=O)C(=O)C2(O)OC(C(C)C)CCC2C)C=C1. The standard InChI is InChI=1S/C24H35NO7S/c1-14(2)19-10-8-15(3)24(30,32-19)21(27)22(28)25-12-6-5-7-17(25)23(29)31-20-11-9-16(33-4)13-18(20)26/h9,11,13-15,17-20,26,30H,5-8,10,12H2,1-4H3. The first-order chi connectivity index (χ1) is 15.6. The van der Waals surface area contributed by atoms with E-state index >= 15 is 0 Å². The van der Waals surface area contributed by atoms with E-state index in [-0.39, 0.29) is 18.6 Å². The third-order valence-electron chi connectivity index (χ3n) is 6.79. The lowest BCUT2D eigenvalue weighted by atomic mass is 9.84. The van der Waals surface area contributed by atoms with Gasteiger partial charge in [-0.25, -0.2) is 4.79 Å². The Balaban J connectivity index is 1.73. The molecule has 33 heavy (non-hydrogen) atoms. The molecule has 0 bridgehead atoms. The Bertz CT molecular complexity index is 826. The van der Waals surface area contributed by atoms with Crippen molar-refractivity contribution in [1.29, 1.82) is 0 Å². The Kier molecular flexibility index (Phi) is 8.42. The molecule has 6 atom stereocenters. The summed E-state index contributed by atoms with van der Waals surface area (Å²) in [6.07, 6.45) is 7.63. The van der Waals surface area contributed by atoms with Gasteiger partial charge in [0.1, 0.15) is 18.2 Å². The highest BCUT2D eigenvalue weighted by atomic mass is 32.2. The quantitative estimate of drug-likeness (QED) is 0.438.